The topological polar surface area (TPSA) is 32.3 Å². The Morgan fingerprint density at radius 3 is 2.25 bits per heavy atom. The molecular weight excluding hydrogens is 171 g/mol. The summed E-state index contributed by atoms with van der Waals surface area (Å²) < 4.78 is 34.6. The van der Waals surface area contributed by atoms with Crippen molar-refractivity contribution in [2.45, 2.75) is 25.4 Å². The van der Waals surface area contributed by atoms with E-state index >= 15 is 0 Å². The van der Waals surface area contributed by atoms with Gasteiger partial charge in [0.25, 0.3) is 0 Å². The van der Waals surface area contributed by atoms with E-state index in [0.29, 0.717) is 19.4 Å². The SMILES string of the molecule is OCCCCCNCC(F)(F)F. The molecule has 0 saturated carbocycles. The van der Waals surface area contributed by atoms with E-state index in [2.05, 4.69) is 5.32 Å². The molecule has 5 heteroatoms. The predicted molar refractivity (Wildman–Crippen MR) is 39.9 cm³/mol. The molecule has 0 aromatic heterocycles. The minimum Gasteiger partial charge on any atom is -0.396 e. The van der Waals surface area contributed by atoms with Gasteiger partial charge in [0.15, 0.2) is 0 Å². The number of aliphatic hydroxyl groups is 1. The summed E-state index contributed by atoms with van der Waals surface area (Å²) >= 11 is 0. The van der Waals surface area contributed by atoms with Crippen molar-refractivity contribution in [2.75, 3.05) is 19.7 Å². The zero-order valence-corrected chi connectivity index (χ0v) is 6.82. The van der Waals surface area contributed by atoms with E-state index in [0.717, 1.165) is 6.42 Å². The van der Waals surface area contributed by atoms with E-state index in [-0.39, 0.29) is 6.61 Å². The third-order valence-electron chi connectivity index (χ3n) is 1.34. The Kier molecular flexibility index (Phi) is 6.10. The molecule has 12 heavy (non-hydrogen) atoms. The van der Waals surface area contributed by atoms with Gasteiger partial charge in [-0.2, -0.15) is 13.2 Å². The van der Waals surface area contributed by atoms with Gasteiger partial charge in [0.1, 0.15) is 0 Å². The first-order chi connectivity index (χ1) is 5.56. The number of rotatable bonds is 6. The lowest BCUT2D eigenvalue weighted by atomic mass is 10.2. The summed E-state index contributed by atoms with van der Waals surface area (Å²) in [6.45, 7) is -0.453. The lowest BCUT2D eigenvalue weighted by Crippen LogP contribution is -2.29. The molecule has 0 unspecified atom stereocenters. The molecule has 0 fully saturated rings. The monoisotopic (exact) mass is 185 g/mol. The Bertz CT molecular complexity index is 105. The molecule has 2 N–H and O–H groups in total. The minimum atomic E-state index is -4.11. The number of nitrogens with one attached hydrogen (secondary N) is 1. The molecule has 0 saturated heterocycles. The molecule has 0 atom stereocenters. The fourth-order valence-corrected chi connectivity index (χ4v) is 0.769. The molecule has 0 radical (unpaired) electrons. The summed E-state index contributed by atoms with van der Waals surface area (Å²) in [6, 6.07) is 0. The van der Waals surface area contributed by atoms with Crippen molar-refractivity contribution in [3.63, 3.8) is 0 Å². The lowest BCUT2D eigenvalue weighted by molar-refractivity contribution is -0.124. The highest BCUT2D eigenvalue weighted by molar-refractivity contribution is 4.55. The third-order valence-corrected chi connectivity index (χ3v) is 1.34. The summed E-state index contributed by atoms with van der Waals surface area (Å²) in [5, 5.41) is 10.6. The molecule has 0 amide bonds. The second-order valence-electron chi connectivity index (χ2n) is 2.58. The van der Waals surface area contributed by atoms with E-state index in [1.807, 2.05) is 0 Å². The summed E-state index contributed by atoms with van der Waals surface area (Å²) in [4.78, 5) is 0. The van der Waals surface area contributed by atoms with Crippen LogP contribution in [0.15, 0.2) is 0 Å². The third kappa shape index (κ3) is 9.71. The quantitative estimate of drug-likeness (QED) is 0.611. The van der Waals surface area contributed by atoms with Crippen LogP contribution >= 0.6 is 0 Å². The largest absolute Gasteiger partial charge is 0.401 e. The van der Waals surface area contributed by atoms with Crippen molar-refractivity contribution in [1.82, 2.24) is 5.32 Å². The van der Waals surface area contributed by atoms with Gasteiger partial charge in [-0.1, -0.05) is 0 Å². The number of halogens is 3. The first-order valence-corrected chi connectivity index (χ1v) is 3.94. The number of aliphatic hydroxyl groups excluding tert-OH is 1. The van der Waals surface area contributed by atoms with E-state index < -0.39 is 12.7 Å². The van der Waals surface area contributed by atoms with E-state index in [1.54, 1.807) is 0 Å². The Morgan fingerprint density at radius 2 is 1.75 bits per heavy atom. The zero-order valence-electron chi connectivity index (χ0n) is 6.82. The normalized spacial score (nSPS) is 12.0. The number of unbranched alkanes of at least 4 members (excludes halogenated alkanes) is 2. The fourth-order valence-electron chi connectivity index (χ4n) is 0.769. The van der Waals surface area contributed by atoms with Crippen molar-refractivity contribution in [2.24, 2.45) is 0 Å². The van der Waals surface area contributed by atoms with Crippen LogP contribution in [-0.4, -0.2) is 31.0 Å². The Labute approximate surface area is 69.8 Å². The van der Waals surface area contributed by atoms with Gasteiger partial charge in [-0.3, -0.25) is 0 Å². The maximum Gasteiger partial charge on any atom is 0.401 e. The zero-order chi connectivity index (χ0) is 9.45. The molecule has 74 valence electrons. The van der Waals surface area contributed by atoms with E-state index in [1.165, 1.54) is 0 Å². The molecule has 0 aliphatic heterocycles. The summed E-state index contributed by atoms with van der Waals surface area (Å²) in [6.07, 6.45) is -2.01. The second-order valence-corrected chi connectivity index (χ2v) is 2.58. The highest BCUT2D eigenvalue weighted by Crippen LogP contribution is 2.11. The maximum absolute atomic E-state index is 11.5. The summed E-state index contributed by atoms with van der Waals surface area (Å²) in [5.74, 6) is 0. The van der Waals surface area contributed by atoms with Gasteiger partial charge in [-0.05, 0) is 25.8 Å². The van der Waals surface area contributed by atoms with E-state index in [9.17, 15) is 13.2 Å². The van der Waals surface area contributed by atoms with Crippen LogP contribution in [0.5, 0.6) is 0 Å². The van der Waals surface area contributed by atoms with Crippen molar-refractivity contribution < 1.29 is 18.3 Å². The number of hydrogen-bond donors (Lipinski definition) is 2. The van der Waals surface area contributed by atoms with Crippen LogP contribution in [0.4, 0.5) is 13.2 Å². The molecule has 0 rings (SSSR count). The predicted octanol–water partition coefficient (Wildman–Crippen LogP) is 1.30. The van der Waals surface area contributed by atoms with Crippen LogP contribution in [-0.2, 0) is 0 Å². The van der Waals surface area contributed by atoms with Crippen LogP contribution < -0.4 is 5.32 Å². The highest BCUT2D eigenvalue weighted by Gasteiger charge is 2.25. The Hall–Kier alpha value is -0.290. The Balaban J connectivity index is 3.01. The van der Waals surface area contributed by atoms with Crippen LogP contribution in [0.25, 0.3) is 0 Å². The fraction of sp³-hybridized carbons (Fsp3) is 1.00. The summed E-state index contributed by atoms with van der Waals surface area (Å²) in [7, 11) is 0. The minimum absolute atomic E-state index is 0.110. The molecule has 0 bridgehead atoms. The van der Waals surface area contributed by atoms with Gasteiger partial charge in [-0.25, -0.2) is 0 Å². The Morgan fingerprint density at radius 1 is 1.08 bits per heavy atom. The van der Waals surface area contributed by atoms with Crippen molar-refractivity contribution >= 4 is 0 Å². The molecule has 0 aromatic carbocycles. The van der Waals surface area contributed by atoms with Gasteiger partial charge in [0.05, 0.1) is 6.54 Å². The standard InChI is InChI=1S/C7H14F3NO/c8-7(9,10)6-11-4-2-1-3-5-12/h11-12H,1-6H2. The van der Waals surface area contributed by atoms with Crippen LogP contribution in [0.2, 0.25) is 0 Å². The first-order valence-electron chi connectivity index (χ1n) is 3.94. The molecule has 0 aliphatic carbocycles. The van der Waals surface area contributed by atoms with Crippen molar-refractivity contribution in [3.8, 4) is 0 Å². The van der Waals surface area contributed by atoms with Crippen LogP contribution in [0, 0.1) is 0 Å². The van der Waals surface area contributed by atoms with E-state index in [4.69, 9.17) is 5.11 Å². The number of hydrogen-bond acceptors (Lipinski definition) is 2. The molecular formula is C7H14F3NO. The highest BCUT2D eigenvalue weighted by atomic mass is 19.4. The van der Waals surface area contributed by atoms with Gasteiger partial charge in [0.2, 0.25) is 0 Å². The van der Waals surface area contributed by atoms with Gasteiger partial charge in [-0.15, -0.1) is 0 Å². The number of alkyl halides is 3. The average molecular weight is 185 g/mol. The van der Waals surface area contributed by atoms with Crippen molar-refractivity contribution in [3.05, 3.63) is 0 Å². The molecule has 0 aromatic rings. The molecule has 0 heterocycles. The van der Waals surface area contributed by atoms with Crippen molar-refractivity contribution in [1.29, 1.82) is 0 Å². The van der Waals surface area contributed by atoms with Gasteiger partial charge < -0.3 is 10.4 Å². The van der Waals surface area contributed by atoms with Crippen LogP contribution in [0.1, 0.15) is 19.3 Å². The second kappa shape index (κ2) is 6.25. The summed E-state index contributed by atoms with van der Waals surface area (Å²) in [5.41, 5.74) is 0. The van der Waals surface area contributed by atoms with Crippen LogP contribution in [0.3, 0.4) is 0 Å². The molecule has 0 aliphatic rings. The van der Waals surface area contributed by atoms with Gasteiger partial charge >= 0.3 is 6.18 Å². The average Bonchev–Trinajstić information content (AvgIpc) is 1.94. The molecule has 2 nitrogen and oxygen atoms in total. The maximum atomic E-state index is 11.5. The molecule has 0 spiro atoms. The van der Waals surface area contributed by atoms with Gasteiger partial charge in [0, 0.05) is 6.61 Å². The first kappa shape index (κ1) is 11.7. The lowest BCUT2D eigenvalue weighted by Gasteiger charge is -2.07. The smallest absolute Gasteiger partial charge is 0.396 e.